The van der Waals surface area contributed by atoms with Crippen molar-refractivity contribution in [1.82, 2.24) is 0 Å². The molecule has 5 rings (SSSR count). The molecule has 32 heavy (non-hydrogen) atoms. The second kappa shape index (κ2) is 7.89. The molecule has 1 unspecified atom stereocenters. The fourth-order valence-electron chi connectivity index (χ4n) is 4.16. The van der Waals surface area contributed by atoms with E-state index in [1.54, 1.807) is 36.3 Å². The summed E-state index contributed by atoms with van der Waals surface area (Å²) in [7, 11) is 1.59. The van der Waals surface area contributed by atoms with Crippen molar-refractivity contribution in [2.24, 2.45) is 0 Å². The topological polar surface area (TPSA) is 69.0 Å². The highest BCUT2D eigenvalue weighted by Crippen LogP contribution is 2.41. The number of methoxy groups -OCH3 is 1. The lowest BCUT2D eigenvalue weighted by Gasteiger charge is -2.25. The first-order chi connectivity index (χ1) is 15.6. The van der Waals surface area contributed by atoms with Gasteiger partial charge in [0.1, 0.15) is 17.1 Å². The van der Waals surface area contributed by atoms with Gasteiger partial charge in [0.25, 0.3) is 5.91 Å². The zero-order valence-corrected chi connectivity index (χ0v) is 17.7. The molecule has 0 saturated heterocycles. The van der Waals surface area contributed by atoms with E-state index in [2.05, 4.69) is 0 Å². The molecule has 1 aliphatic heterocycles. The van der Waals surface area contributed by atoms with E-state index in [1.165, 1.54) is 0 Å². The SMILES string of the molecule is CCOc1ccc(N2C(=O)c3oc4ccccc4c(=O)c3C2c2ccc(OC)cc2)cc1. The van der Waals surface area contributed by atoms with Gasteiger partial charge >= 0.3 is 0 Å². The van der Waals surface area contributed by atoms with Crippen molar-refractivity contribution in [2.75, 3.05) is 18.6 Å². The van der Waals surface area contributed by atoms with Gasteiger partial charge in [0.05, 0.1) is 30.7 Å². The number of hydrogen-bond donors (Lipinski definition) is 0. The summed E-state index contributed by atoms with van der Waals surface area (Å²) in [5.74, 6) is 1.12. The lowest BCUT2D eigenvalue weighted by Crippen LogP contribution is -2.29. The van der Waals surface area contributed by atoms with Gasteiger partial charge in [-0.3, -0.25) is 14.5 Å². The third-order valence-electron chi connectivity index (χ3n) is 5.64. The Balaban J connectivity index is 1.72. The van der Waals surface area contributed by atoms with E-state index in [1.807, 2.05) is 55.5 Å². The predicted octanol–water partition coefficient (Wildman–Crippen LogP) is 4.95. The first-order valence-electron chi connectivity index (χ1n) is 10.4. The molecule has 1 atom stereocenters. The van der Waals surface area contributed by atoms with Crippen molar-refractivity contribution in [3.63, 3.8) is 0 Å². The minimum atomic E-state index is -0.623. The molecule has 0 fully saturated rings. The smallest absolute Gasteiger partial charge is 0.295 e. The Morgan fingerprint density at radius 3 is 2.28 bits per heavy atom. The van der Waals surface area contributed by atoms with Crippen molar-refractivity contribution < 1.29 is 18.7 Å². The van der Waals surface area contributed by atoms with Gasteiger partial charge in [-0.05, 0) is 61.0 Å². The minimum absolute atomic E-state index is 0.0726. The average Bonchev–Trinajstić information content (AvgIpc) is 3.12. The number of carbonyl (C=O) groups excluding carboxylic acids is 1. The third-order valence-corrected chi connectivity index (χ3v) is 5.64. The van der Waals surface area contributed by atoms with Crippen LogP contribution in [0.15, 0.2) is 82.0 Å². The minimum Gasteiger partial charge on any atom is -0.497 e. The van der Waals surface area contributed by atoms with Crippen molar-refractivity contribution in [3.05, 3.63) is 99.9 Å². The predicted molar refractivity (Wildman–Crippen MR) is 122 cm³/mol. The van der Waals surface area contributed by atoms with E-state index >= 15 is 0 Å². The van der Waals surface area contributed by atoms with Crippen molar-refractivity contribution in [3.8, 4) is 11.5 Å². The quantitative estimate of drug-likeness (QED) is 0.451. The van der Waals surface area contributed by atoms with Gasteiger partial charge in [0.15, 0.2) is 5.43 Å². The second-order valence-electron chi connectivity index (χ2n) is 7.45. The van der Waals surface area contributed by atoms with Gasteiger partial charge in [0.2, 0.25) is 5.76 Å². The highest BCUT2D eigenvalue weighted by Gasteiger charge is 2.43. The fourth-order valence-corrected chi connectivity index (χ4v) is 4.16. The molecule has 160 valence electrons. The molecule has 1 aliphatic rings. The van der Waals surface area contributed by atoms with Crippen LogP contribution in [0.2, 0.25) is 0 Å². The third kappa shape index (κ3) is 3.12. The Morgan fingerprint density at radius 2 is 1.59 bits per heavy atom. The number of para-hydroxylation sites is 1. The largest absolute Gasteiger partial charge is 0.497 e. The van der Waals surface area contributed by atoms with Gasteiger partial charge in [-0.1, -0.05) is 24.3 Å². The van der Waals surface area contributed by atoms with Gasteiger partial charge in [-0.2, -0.15) is 0 Å². The van der Waals surface area contributed by atoms with E-state index < -0.39 is 6.04 Å². The Kier molecular flexibility index (Phi) is 4.90. The summed E-state index contributed by atoms with van der Waals surface area (Å²) < 4.78 is 16.8. The summed E-state index contributed by atoms with van der Waals surface area (Å²) >= 11 is 0. The van der Waals surface area contributed by atoms with E-state index in [0.717, 1.165) is 5.56 Å². The summed E-state index contributed by atoms with van der Waals surface area (Å²) in [6.45, 7) is 2.46. The molecule has 6 nitrogen and oxygen atoms in total. The van der Waals surface area contributed by atoms with Crippen LogP contribution >= 0.6 is 0 Å². The van der Waals surface area contributed by atoms with Crippen LogP contribution in [0.25, 0.3) is 11.0 Å². The molecule has 3 aromatic carbocycles. The number of anilines is 1. The van der Waals surface area contributed by atoms with E-state index in [0.29, 0.717) is 40.3 Å². The Morgan fingerprint density at radius 1 is 0.906 bits per heavy atom. The average molecular weight is 427 g/mol. The maximum atomic E-state index is 13.5. The van der Waals surface area contributed by atoms with Crippen LogP contribution in [0.3, 0.4) is 0 Å². The normalized spacial score (nSPS) is 15.1. The molecule has 0 bridgehead atoms. The molecule has 2 heterocycles. The first-order valence-corrected chi connectivity index (χ1v) is 10.4. The van der Waals surface area contributed by atoms with Gasteiger partial charge < -0.3 is 13.9 Å². The summed E-state index contributed by atoms with van der Waals surface area (Å²) in [6, 6.07) is 21.0. The summed E-state index contributed by atoms with van der Waals surface area (Å²) in [4.78, 5) is 28.7. The van der Waals surface area contributed by atoms with Gasteiger partial charge in [-0.25, -0.2) is 0 Å². The van der Waals surface area contributed by atoms with Crippen LogP contribution < -0.4 is 19.8 Å². The summed E-state index contributed by atoms with van der Waals surface area (Å²) in [5.41, 5.74) is 1.97. The van der Waals surface area contributed by atoms with Gasteiger partial charge in [-0.15, -0.1) is 0 Å². The molecular weight excluding hydrogens is 406 g/mol. The van der Waals surface area contributed by atoms with Crippen LogP contribution in [0.1, 0.15) is 34.6 Å². The Bertz CT molecular complexity index is 1360. The summed E-state index contributed by atoms with van der Waals surface area (Å²) in [6.07, 6.45) is 0. The van der Waals surface area contributed by atoms with Crippen molar-refractivity contribution in [1.29, 1.82) is 0 Å². The standard InChI is InChI=1S/C26H21NO5/c1-3-31-19-14-10-17(11-15-19)27-23(16-8-12-18(30-2)13-9-16)22-24(28)20-6-4-5-7-21(20)32-25(22)26(27)29/h4-15,23H,3H2,1-2H3. The number of ether oxygens (including phenoxy) is 2. The zero-order valence-electron chi connectivity index (χ0n) is 17.7. The number of benzene rings is 3. The number of carbonyl (C=O) groups is 1. The maximum absolute atomic E-state index is 13.5. The lowest BCUT2D eigenvalue weighted by atomic mass is 9.98. The highest BCUT2D eigenvalue weighted by atomic mass is 16.5. The number of amides is 1. The van der Waals surface area contributed by atoms with Crippen LogP contribution in [0, 0.1) is 0 Å². The molecule has 1 amide bonds. The fraction of sp³-hybridized carbons (Fsp3) is 0.154. The molecule has 0 saturated carbocycles. The van der Waals surface area contributed by atoms with Crippen LogP contribution in [0.5, 0.6) is 11.5 Å². The number of hydrogen-bond acceptors (Lipinski definition) is 5. The van der Waals surface area contributed by atoms with Gasteiger partial charge in [0, 0.05) is 5.69 Å². The Hall–Kier alpha value is -4.06. The highest BCUT2D eigenvalue weighted by molar-refractivity contribution is 6.10. The molecular formula is C26H21NO5. The summed E-state index contributed by atoms with van der Waals surface area (Å²) in [5, 5.41) is 0.450. The van der Waals surface area contributed by atoms with Crippen LogP contribution in [-0.2, 0) is 0 Å². The maximum Gasteiger partial charge on any atom is 0.295 e. The molecule has 4 aromatic rings. The molecule has 1 aromatic heterocycles. The number of fused-ring (bicyclic) bond motifs is 2. The zero-order chi connectivity index (χ0) is 22.2. The second-order valence-corrected chi connectivity index (χ2v) is 7.45. The van der Waals surface area contributed by atoms with Crippen molar-refractivity contribution in [2.45, 2.75) is 13.0 Å². The van der Waals surface area contributed by atoms with E-state index in [9.17, 15) is 9.59 Å². The monoisotopic (exact) mass is 427 g/mol. The lowest BCUT2D eigenvalue weighted by molar-refractivity contribution is 0.0971. The van der Waals surface area contributed by atoms with Crippen LogP contribution in [0.4, 0.5) is 5.69 Å². The van der Waals surface area contributed by atoms with Crippen LogP contribution in [-0.4, -0.2) is 19.6 Å². The molecule has 6 heteroatoms. The molecule has 0 aliphatic carbocycles. The molecule has 0 radical (unpaired) electrons. The number of nitrogens with zero attached hydrogens (tertiary/aromatic N) is 1. The van der Waals surface area contributed by atoms with E-state index in [-0.39, 0.29) is 17.1 Å². The molecule has 0 spiro atoms. The Labute approximate surface area is 184 Å². The van der Waals surface area contributed by atoms with E-state index in [4.69, 9.17) is 13.9 Å². The number of rotatable bonds is 5. The first kappa shape index (κ1) is 19.9. The molecule has 0 N–H and O–H groups in total. The van der Waals surface area contributed by atoms with Crippen molar-refractivity contribution >= 4 is 22.6 Å².